The molecule has 0 aromatic carbocycles. The lowest BCUT2D eigenvalue weighted by Crippen LogP contribution is -2.39. The van der Waals surface area contributed by atoms with Gasteiger partial charge < -0.3 is 16.4 Å². The molecule has 2 unspecified atom stereocenters. The van der Waals surface area contributed by atoms with Gasteiger partial charge in [0.2, 0.25) is 5.91 Å². The maximum Gasteiger partial charge on any atom is 0.222 e. The molecule has 25 heavy (non-hydrogen) atoms. The third kappa shape index (κ3) is 11.6. The molecule has 2 atom stereocenters. The Balaban J connectivity index is 0.00000576. The smallest absolute Gasteiger partial charge is 0.222 e. The lowest BCUT2D eigenvalue weighted by Gasteiger charge is -2.15. The van der Waals surface area contributed by atoms with Gasteiger partial charge in [0.1, 0.15) is 0 Å². The lowest BCUT2D eigenvalue weighted by atomic mass is 10.0. The molecule has 1 heterocycles. The summed E-state index contributed by atoms with van der Waals surface area (Å²) in [5.41, 5.74) is 5.82. The maximum atomic E-state index is 11.8. The molecule has 0 saturated carbocycles. The van der Waals surface area contributed by atoms with E-state index in [1.165, 1.54) is 6.42 Å². The summed E-state index contributed by atoms with van der Waals surface area (Å²) in [6, 6.07) is -0.00653. The zero-order chi connectivity index (χ0) is 18.2. The third-order valence-electron chi connectivity index (χ3n) is 4.03. The number of nitrogens with zero attached hydrogens (tertiary/aromatic N) is 1. The first-order valence-corrected chi connectivity index (χ1v) is 10.6. The van der Waals surface area contributed by atoms with Gasteiger partial charge in [-0.15, -0.1) is 24.0 Å². The minimum atomic E-state index is -2.97. The average molecular weight is 488 g/mol. The summed E-state index contributed by atoms with van der Waals surface area (Å²) in [5.74, 6) is 1.07. The molecule has 7 nitrogen and oxygen atoms in total. The topological polar surface area (TPSA) is 114 Å². The number of aliphatic imine (C=N–C) groups is 1. The van der Waals surface area contributed by atoms with Gasteiger partial charge in [0.15, 0.2) is 15.8 Å². The van der Waals surface area contributed by atoms with Crippen LogP contribution in [0.25, 0.3) is 0 Å². The molecule has 1 rings (SSSR count). The Hall–Kier alpha value is -0.580. The van der Waals surface area contributed by atoms with E-state index < -0.39 is 9.84 Å². The molecule has 1 aliphatic rings. The number of amides is 1. The molecule has 148 valence electrons. The molecule has 1 amide bonds. The van der Waals surface area contributed by atoms with Gasteiger partial charge in [-0.3, -0.25) is 9.79 Å². The van der Waals surface area contributed by atoms with Crippen molar-refractivity contribution in [3.8, 4) is 0 Å². The van der Waals surface area contributed by atoms with Crippen LogP contribution in [0.2, 0.25) is 0 Å². The highest BCUT2D eigenvalue weighted by atomic mass is 127. The predicted molar refractivity (Wildman–Crippen MR) is 113 cm³/mol. The van der Waals surface area contributed by atoms with E-state index in [2.05, 4.69) is 36.4 Å². The van der Waals surface area contributed by atoms with E-state index in [1.807, 2.05) is 0 Å². The van der Waals surface area contributed by atoms with Gasteiger partial charge in [0.05, 0.1) is 18.1 Å². The second-order valence-corrected chi connectivity index (χ2v) is 9.28. The summed E-state index contributed by atoms with van der Waals surface area (Å²) >= 11 is 0. The Morgan fingerprint density at radius 1 is 1.28 bits per heavy atom. The molecule has 1 fully saturated rings. The molecule has 0 radical (unpaired) electrons. The largest absolute Gasteiger partial charge is 0.370 e. The van der Waals surface area contributed by atoms with Crippen LogP contribution in [-0.4, -0.2) is 50.4 Å². The van der Waals surface area contributed by atoms with Crippen molar-refractivity contribution in [2.24, 2.45) is 16.6 Å². The number of carbonyl (C=O) groups excluding carboxylic acids is 1. The SMILES string of the molecule is CC(C)CCCC(C)NC(N)=NCCC(=O)NC1CCS(=O)(=O)C1.I. The van der Waals surface area contributed by atoms with Gasteiger partial charge in [0.25, 0.3) is 0 Å². The van der Waals surface area contributed by atoms with E-state index in [9.17, 15) is 13.2 Å². The molecule has 0 aromatic rings. The van der Waals surface area contributed by atoms with Crippen molar-refractivity contribution < 1.29 is 13.2 Å². The number of rotatable bonds is 9. The van der Waals surface area contributed by atoms with Gasteiger partial charge in [-0.05, 0) is 25.7 Å². The van der Waals surface area contributed by atoms with Gasteiger partial charge in [-0.25, -0.2) is 8.42 Å². The van der Waals surface area contributed by atoms with Crippen molar-refractivity contribution in [2.75, 3.05) is 18.1 Å². The normalized spacial score (nSPS) is 20.8. The fourth-order valence-corrected chi connectivity index (χ4v) is 4.36. The van der Waals surface area contributed by atoms with Crippen LogP contribution in [-0.2, 0) is 14.6 Å². The Morgan fingerprint density at radius 2 is 1.96 bits per heavy atom. The van der Waals surface area contributed by atoms with Gasteiger partial charge in [-0.1, -0.05) is 26.7 Å². The minimum Gasteiger partial charge on any atom is -0.370 e. The van der Waals surface area contributed by atoms with Gasteiger partial charge in [-0.2, -0.15) is 0 Å². The Kier molecular flexibility index (Phi) is 11.6. The molecular formula is C16H33IN4O3S. The van der Waals surface area contributed by atoms with Gasteiger partial charge >= 0.3 is 0 Å². The van der Waals surface area contributed by atoms with Crippen LogP contribution < -0.4 is 16.4 Å². The summed E-state index contributed by atoms with van der Waals surface area (Å²) in [6.07, 6.45) is 4.08. The highest BCUT2D eigenvalue weighted by molar-refractivity contribution is 14.0. The van der Waals surface area contributed by atoms with E-state index in [0.717, 1.165) is 12.8 Å². The molecule has 9 heteroatoms. The molecule has 0 aromatic heterocycles. The lowest BCUT2D eigenvalue weighted by molar-refractivity contribution is -0.121. The van der Waals surface area contributed by atoms with Crippen molar-refractivity contribution in [1.82, 2.24) is 10.6 Å². The first-order chi connectivity index (χ1) is 11.2. The molecule has 0 spiro atoms. The number of nitrogens with two attached hydrogens (primary N) is 1. The van der Waals surface area contributed by atoms with Crippen LogP contribution in [0.15, 0.2) is 4.99 Å². The van der Waals surface area contributed by atoms with Gasteiger partial charge in [0, 0.05) is 18.5 Å². The van der Waals surface area contributed by atoms with E-state index in [-0.39, 0.29) is 59.9 Å². The summed E-state index contributed by atoms with van der Waals surface area (Å²) in [5, 5.41) is 5.87. The number of nitrogens with one attached hydrogen (secondary N) is 2. The Morgan fingerprint density at radius 3 is 2.52 bits per heavy atom. The van der Waals surface area contributed by atoms with E-state index >= 15 is 0 Å². The highest BCUT2D eigenvalue weighted by Gasteiger charge is 2.28. The quantitative estimate of drug-likeness (QED) is 0.258. The highest BCUT2D eigenvalue weighted by Crippen LogP contribution is 2.11. The number of hydrogen-bond donors (Lipinski definition) is 3. The average Bonchev–Trinajstić information content (AvgIpc) is 2.77. The first-order valence-electron chi connectivity index (χ1n) is 8.74. The second-order valence-electron chi connectivity index (χ2n) is 7.05. The van der Waals surface area contributed by atoms with E-state index in [4.69, 9.17) is 5.73 Å². The zero-order valence-corrected chi connectivity index (χ0v) is 18.6. The zero-order valence-electron chi connectivity index (χ0n) is 15.5. The van der Waals surface area contributed by atoms with Crippen molar-refractivity contribution in [3.05, 3.63) is 0 Å². The van der Waals surface area contributed by atoms with Crippen LogP contribution in [0.4, 0.5) is 0 Å². The Labute approximate surface area is 168 Å². The predicted octanol–water partition coefficient (Wildman–Crippen LogP) is 1.42. The molecular weight excluding hydrogens is 455 g/mol. The number of hydrogen-bond acceptors (Lipinski definition) is 4. The molecule has 1 aliphatic heterocycles. The van der Waals surface area contributed by atoms with Crippen molar-refractivity contribution in [1.29, 1.82) is 0 Å². The fraction of sp³-hybridized carbons (Fsp3) is 0.875. The van der Waals surface area contributed by atoms with Crippen LogP contribution in [0.1, 0.15) is 52.9 Å². The van der Waals surface area contributed by atoms with Crippen LogP contribution in [0.5, 0.6) is 0 Å². The maximum absolute atomic E-state index is 11.8. The summed E-state index contributed by atoms with van der Waals surface area (Å²) in [6.45, 7) is 6.78. The Bertz CT molecular complexity index is 537. The first kappa shape index (κ1) is 24.4. The fourth-order valence-electron chi connectivity index (χ4n) is 2.69. The monoisotopic (exact) mass is 488 g/mol. The van der Waals surface area contributed by atoms with Crippen molar-refractivity contribution in [2.45, 2.75) is 65.0 Å². The molecule has 0 bridgehead atoms. The molecule has 1 saturated heterocycles. The summed E-state index contributed by atoms with van der Waals surface area (Å²) in [7, 11) is -2.97. The van der Waals surface area contributed by atoms with Crippen molar-refractivity contribution in [3.63, 3.8) is 0 Å². The number of halogens is 1. The summed E-state index contributed by atoms with van der Waals surface area (Å²) < 4.78 is 22.7. The van der Waals surface area contributed by atoms with E-state index in [0.29, 0.717) is 24.8 Å². The van der Waals surface area contributed by atoms with Crippen molar-refractivity contribution >= 4 is 45.7 Å². The number of guanidine groups is 1. The molecule has 0 aliphatic carbocycles. The summed E-state index contributed by atoms with van der Waals surface area (Å²) in [4.78, 5) is 15.9. The van der Waals surface area contributed by atoms with E-state index in [1.54, 1.807) is 0 Å². The third-order valence-corrected chi connectivity index (χ3v) is 5.80. The number of sulfone groups is 1. The molecule has 4 N–H and O–H groups in total. The van der Waals surface area contributed by atoms with Crippen LogP contribution >= 0.6 is 24.0 Å². The second kappa shape index (κ2) is 11.9. The number of carbonyl (C=O) groups is 1. The van der Waals surface area contributed by atoms with Crippen LogP contribution in [0.3, 0.4) is 0 Å². The minimum absolute atomic E-state index is 0. The standard InChI is InChI=1S/C16H32N4O3S.HI/c1-12(2)5-4-6-13(3)19-16(17)18-9-7-15(21)20-14-8-10-24(22,23)11-14;/h12-14H,4-11H2,1-3H3,(H,20,21)(H3,17,18,19);1H. The van der Waals surface area contributed by atoms with Crippen LogP contribution in [0, 0.1) is 5.92 Å².